The molecule has 1 heterocycles. The third-order valence-electron chi connectivity index (χ3n) is 2.97. The van der Waals surface area contributed by atoms with Gasteiger partial charge in [-0.25, -0.2) is 0 Å². The Labute approximate surface area is 113 Å². The lowest BCUT2D eigenvalue weighted by molar-refractivity contribution is -0.115. The molecule has 4 nitrogen and oxygen atoms in total. The monoisotopic (exact) mass is 257 g/mol. The molecule has 2 N–H and O–H groups in total. The number of nitrogens with zero attached hydrogens (tertiary/aromatic N) is 1. The van der Waals surface area contributed by atoms with Gasteiger partial charge in [0.25, 0.3) is 0 Å². The fraction of sp³-hybridized carbons (Fsp3) is 0.333. The molecule has 0 atom stereocenters. The van der Waals surface area contributed by atoms with Gasteiger partial charge in [0.15, 0.2) is 5.82 Å². The van der Waals surface area contributed by atoms with Crippen molar-refractivity contribution in [3.05, 3.63) is 47.2 Å². The first-order chi connectivity index (χ1) is 9.04. The summed E-state index contributed by atoms with van der Waals surface area (Å²) in [5.74, 6) is 0.904. The molecular formula is C15H19N3O. The molecule has 2 aromatic rings. The molecule has 1 aromatic heterocycles. The topological polar surface area (TPSA) is 57.8 Å². The molecule has 0 bridgehead atoms. The highest BCUT2D eigenvalue weighted by molar-refractivity contribution is 5.91. The van der Waals surface area contributed by atoms with Crippen LogP contribution in [-0.2, 0) is 11.2 Å². The van der Waals surface area contributed by atoms with Gasteiger partial charge in [-0.15, -0.1) is 0 Å². The number of hydrogen-bond acceptors (Lipinski definition) is 2. The van der Waals surface area contributed by atoms with Gasteiger partial charge in [0.1, 0.15) is 0 Å². The number of H-pyrrole nitrogens is 1. The van der Waals surface area contributed by atoms with Gasteiger partial charge in [-0.05, 0) is 18.4 Å². The zero-order valence-electron chi connectivity index (χ0n) is 11.5. The van der Waals surface area contributed by atoms with E-state index in [1.807, 2.05) is 37.3 Å². The summed E-state index contributed by atoms with van der Waals surface area (Å²) in [6.45, 7) is 6.18. The minimum atomic E-state index is -0.0503. The molecule has 0 fully saturated rings. The summed E-state index contributed by atoms with van der Waals surface area (Å²) < 4.78 is 0. The molecule has 0 radical (unpaired) electrons. The van der Waals surface area contributed by atoms with Gasteiger partial charge in [0.05, 0.1) is 6.42 Å². The minimum absolute atomic E-state index is 0.0503. The van der Waals surface area contributed by atoms with Crippen molar-refractivity contribution in [2.24, 2.45) is 0 Å². The van der Waals surface area contributed by atoms with Crippen LogP contribution in [0.3, 0.4) is 0 Å². The second-order valence-corrected chi connectivity index (χ2v) is 5.07. The smallest absolute Gasteiger partial charge is 0.229 e. The number of rotatable bonds is 4. The SMILES string of the molecule is Cc1ccc(CC(=O)Nc2cc(C(C)C)[nH]n2)cc1. The van der Waals surface area contributed by atoms with Gasteiger partial charge >= 0.3 is 0 Å². The maximum atomic E-state index is 11.9. The Morgan fingerprint density at radius 3 is 2.58 bits per heavy atom. The quantitative estimate of drug-likeness (QED) is 0.884. The molecule has 2 rings (SSSR count). The van der Waals surface area contributed by atoms with Gasteiger partial charge in [-0.1, -0.05) is 43.7 Å². The van der Waals surface area contributed by atoms with E-state index >= 15 is 0 Å². The van der Waals surface area contributed by atoms with Crippen molar-refractivity contribution < 1.29 is 4.79 Å². The average molecular weight is 257 g/mol. The van der Waals surface area contributed by atoms with E-state index in [0.29, 0.717) is 18.2 Å². The molecule has 0 spiro atoms. The van der Waals surface area contributed by atoms with Crippen LogP contribution >= 0.6 is 0 Å². The van der Waals surface area contributed by atoms with E-state index in [-0.39, 0.29) is 5.91 Å². The van der Waals surface area contributed by atoms with Crippen LogP contribution in [0.25, 0.3) is 0 Å². The Bertz CT molecular complexity index is 555. The largest absolute Gasteiger partial charge is 0.309 e. The van der Waals surface area contributed by atoms with Crippen LogP contribution in [-0.4, -0.2) is 16.1 Å². The van der Waals surface area contributed by atoms with Crippen LogP contribution in [0.4, 0.5) is 5.82 Å². The van der Waals surface area contributed by atoms with Crippen LogP contribution in [0.1, 0.15) is 36.6 Å². The summed E-state index contributed by atoms with van der Waals surface area (Å²) in [4.78, 5) is 11.9. The number of aryl methyl sites for hydroxylation is 1. The molecule has 100 valence electrons. The zero-order chi connectivity index (χ0) is 13.8. The van der Waals surface area contributed by atoms with Gasteiger partial charge in [-0.2, -0.15) is 5.10 Å². The van der Waals surface area contributed by atoms with Crippen LogP contribution in [0.5, 0.6) is 0 Å². The van der Waals surface area contributed by atoms with E-state index in [9.17, 15) is 4.79 Å². The van der Waals surface area contributed by atoms with Crippen molar-refractivity contribution in [1.29, 1.82) is 0 Å². The first kappa shape index (κ1) is 13.3. The predicted molar refractivity (Wildman–Crippen MR) is 76.2 cm³/mol. The number of carbonyl (C=O) groups excluding carboxylic acids is 1. The van der Waals surface area contributed by atoms with Crippen molar-refractivity contribution in [1.82, 2.24) is 10.2 Å². The molecule has 0 aliphatic heterocycles. The van der Waals surface area contributed by atoms with Crippen molar-refractivity contribution in [3.63, 3.8) is 0 Å². The molecule has 1 aromatic carbocycles. The Morgan fingerprint density at radius 2 is 2.00 bits per heavy atom. The summed E-state index contributed by atoms with van der Waals surface area (Å²) in [6.07, 6.45) is 0.365. The predicted octanol–water partition coefficient (Wildman–Crippen LogP) is 3.02. The molecular weight excluding hydrogens is 238 g/mol. The van der Waals surface area contributed by atoms with E-state index in [1.165, 1.54) is 5.56 Å². The van der Waals surface area contributed by atoms with Crippen molar-refractivity contribution in [2.75, 3.05) is 5.32 Å². The van der Waals surface area contributed by atoms with E-state index in [4.69, 9.17) is 0 Å². The second-order valence-electron chi connectivity index (χ2n) is 5.07. The number of benzene rings is 1. The number of anilines is 1. The highest BCUT2D eigenvalue weighted by Gasteiger charge is 2.08. The van der Waals surface area contributed by atoms with Crippen LogP contribution in [0, 0.1) is 6.92 Å². The van der Waals surface area contributed by atoms with Gasteiger partial charge in [0, 0.05) is 11.8 Å². The molecule has 0 unspecified atom stereocenters. The maximum absolute atomic E-state index is 11.9. The summed E-state index contributed by atoms with van der Waals surface area (Å²) in [5.41, 5.74) is 3.21. The minimum Gasteiger partial charge on any atom is -0.309 e. The van der Waals surface area contributed by atoms with Crippen LogP contribution in [0.15, 0.2) is 30.3 Å². The number of amides is 1. The maximum Gasteiger partial charge on any atom is 0.229 e. The molecule has 0 aliphatic rings. The fourth-order valence-corrected chi connectivity index (χ4v) is 1.77. The number of carbonyl (C=O) groups is 1. The summed E-state index contributed by atoms with van der Waals surface area (Å²) in [6, 6.07) is 9.83. The summed E-state index contributed by atoms with van der Waals surface area (Å²) in [5, 5.41) is 9.79. The Kier molecular flexibility index (Phi) is 4.00. The number of aromatic amines is 1. The summed E-state index contributed by atoms with van der Waals surface area (Å²) in [7, 11) is 0. The molecule has 4 heteroatoms. The normalized spacial score (nSPS) is 10.7. The molecule has 0 aliphatic carbocycles. The van der Waals surface area contributed by atoms with Crippen molar-refractivity contribution in [2.45, 2.75) is 33.1 Å². The first-order valence-corrected chi connectivity index (χ1v) is 6.45. The molecule has 0 saturated heterocycles. The number of nitrogens with one attached hydrogen (secondary N) is 2. The molecule has 19 heavy (non-hydrogen) atoms. The summed E-state index contributed by atoms with van der Waals surface area (Å²) >= 11 is 0. The highest BCUT2D eigenvalue weighted by atomic mass is 16.1. The van der Waals surface area contributed by atoms with Crippen LogP contribution < -0.4 is 5.32 Å². The lowest BCUT2D eigenvalue weighted by Crippen LogP contribution is -2.14. The number of aromatic nitrogens is 2. The zero-order valence-corrected chi connectivity index (χ0v) is 11.5. The third kappa shape index (κ3) is 3.68. The highest BCUT2D eigenvalue weighted by Crippen LogP contribution is 2.15. The lowest BCUT2D eigenvalue weighted by atomic mass is 10.1. The van der Waals surface area contributed by atoms with E-state index in [2.05, 4.69) is 29.4 Å². The van der Waals surface area contributed by atoms with Crippen molar-refractivity contribution in [3.8, 4) is 0 Å². The second kappa shape index (κ2) is 5.69. The first-order valence-electron chi connectivity index (χ1n) is 6.45. The molecule has 0 saturated carbocycles. The average Bonchev–Trinajstić information content (AvgIpc) is 2.80. The van der Waals surface area contributed by atoms with Crippen LogP contribution in [0.2, 0.25) is 0 Å². The number of hydrogen-bond donors (Lipinski definition) is 2. The van der Waals surface area contributed by atoms with E-state index in [1.54, 1.807) is 0 Å². The Balaban J connectivity index is 1.95. The van der Waals surface area contributed by atoms with Crippen molar-refractivity contribution >= 4 is 11.7 Å². The third-order valence-corrected chi connectivity index (χ3v) is 2.97. The lowest BCUT2D eigenvalue weighted by Gasteiger charge is -2.02. The standard InChI is InChI=1S/C15H19N3O/c1-10(2)13-9-14(18-17-13)16-15(19)8-12-6-4-11(3)5-7-12/h4-7,9-10H,8H2,1-3H3,(H2,16,17,18,19). The van der Waals surface area contributed by atoms with E-state index < -0.39 is 0 Å². The Morgan fingerprint density at radius 1 is 1.32 bits per heavy atom. The fourth-order valence-electron chi connectivity index (χ4n) is 1.77. The molecule has 1 amide bonds. The van der Waals surface area contributed by atoms with E-state index in [0.717, 1.165) is 11.3 Å². The Hall–Kier alpha value is -2.10. The van der Waals surface area contributed by atoms with Gasteiger partial charge in [-0.3, -0.25) is 9.89 Å². The van der Waals surface area contributed by atoms with Gasteiger partial charge in [0.2, 0.25) is 5.91 Å². The van der Waals surface area contributed by atoms with Gasteiger partial charge < -0.3 is 5.32 Å².